The van der Waals surface area contributed by atoms with Gasteiger partial charge in [-0.15, -0.1) is 0 Å². The molecule has 5 rings (SSSR count). The molecule has 4 atom stereocenters. The van der Waals surface area contributed by atoms with Crippen molar-refractivity contribution >= 4 is 11.7 Å². The molecule has 4 heteroatoms. The first-order valence-corrected chi connectivity index (χ1v) is 13.9. The fourth-order valence-corrected chi connectivity index (χ4v) is 7.66. The summed E-state index contributed by atoms with van der Waals surface area (Å²) in [6.07, 6.45) is 20.2. The third-order valence-electron chi connectivity index (χ3n) is 9.19. The molecule has 2 bridgehead atoms. The number of benzene rings is 1. The number of nitrogens with zero attached hydrogens (tertiary/aromatic N) is 2. The van der Waals surface area contributed by atoms with Crippen LogP contribution in [0.15, 0.2) is 24.3 Å². The molecule has 3 fully saturated rings. The second-order valence-electron chi connectivity index (χ2n) is 11.2. The van der Waals surface area contributed by atoms with Crippen LogP contribution >= 0.6 is 0 Å². The maximum atomic E-state index is 12.1. The first-order chi connectivity index (χ1) is 16.2. The zero-order chi connectivity index (χ0) is 22.6. The lowest BCUT2D eigenvalue weighted by molar-refractivity contribution is -0.141. The molecule has 1 aliphatic carbocycles. The molecule has 1 aromatic rings. The molecule has 1 saturated carbocycles. The van der Waals surface area contributed by atoms with Crippen LogP contribution in [-0.4, -0.2) is 48.7 Å². The van der Waals surface area contributed by atoms with E-state index in [4.69, 9.17) is 4.74 Å². The molecule has 1 unspecified atom stereocenters. The Kier molecular flexibility index (Phi) is 7.59. The van der Waals surface area contributed by atoms with Crippen LogP contribution in [0, 0.1) is 0 Å². The number of carbonyl (C=O) groups excluding carboxylic acids is 1. The van der Waals surface area contributed by atoms with E-state index < -0.39 is 0 Å². The van der Waals surface area contributed by atoms with Crippen molar-refractivity contribution in [1.82, 2.24) is 4.90 Å². The number of carbonyl (C=O) groups is 1. The van der Waals surface area contributed by atoms with Crippen molar-refractivity contribution in [2.75, 3.05) is 18.6 Å². The van der Waals surface area contributed by atoms with Gasteiger partial charge in [-0.05, 0) is 50.2 Å². The van der Waals surface area contributed by atoms with Crippen LogP contribution in [0.5, 0.6) is 0 Å². The summed E-state index contributed by atoms with van der Waals surface area (Å²) in [5.74, 6) is 0.184. The quantitative estimate of drug-likeness (QED) is 0.493. The summed E-state index contributed by atoms with van der Waals surface area (Å²) in [5.41, 5.74) is 2.73. The van der Waals surface area contributed by atoms with E-state index in [1.54, 1.807) is 0 Å². The minimum absolute atomic E-state index is 0.0839. The number of hydrogen-bond acceptors (Lipinski definition) is 4. The van der Waals surface area contributed by atoms with Gasteiger partial charge in [0.15, 0.2) is 0 Å². The number of rotatable bonds is 4. The highest BCUT2D eigenvalue weighted by Crippen LogP contribution is 2.45. The minimum Gasteiger partial charge on any atom is -0.469 e. The largest absolute Gasteiger partial charge is 0.469 e. The van der Waals surface area contributed by atoms with Crippen molar-refractivity contribution in [2.24, 2.45) is 0 Å². The van der Waals surface area contributed by atoms with E-state index in [0.29, 0.717) is 12.5 Å². The van der Waals surface area contributed by atoms with Gasteiger partial charge in [-0.25, -0.2) is 0 Å². The van der Waals surface area contributed by atoms with Crippen LogP contribution in [0.2, 0.25) is 0 Å². The van der Waals surface area contributed by atoms with Gasteiger partial charge in [0.25, 0.3) is 0 Å². The highest BCUT2D eigenvalue weighted by Gasteiger charge is 2.44. The van der Waals surface area contributed by atoms with E-state index in [-0.39, 0.29) is 11.9 Å². The Bertz CT molecular complexity index is 772. The lowest BCUT2D eigenvalue weighted by Crippen LogP contribution is -2.60. The van der Waals surface area contributed by atoms with Crippen molar-refractivity contribution in [3.63, 3.8) is 0 Å². The van der Waals surface area contributed by atoms with Gasteiger partial charge in [-0.1, -0.05) is 69.6 Å². The van der Waals surface area contributed by atoms with Gasteiger partial charge in [0.1, 0.15) is 0 Å². The van der Waals surface area contributed by atoms with Crippen LogP contribution in [-0.2, 0) is 9.53 Å². The van der Waals surface area contributed by atoms with Gasteiger partial charge in [-0.3, -0.25) is 9.69 Å². The fourth-order valence-electron chi connectivity index (χ4n) is 7.66. The topological polar surface area (TPSA) is 32.8 Å². The first-order valence-electron chi connectivity index (χ1n) is 13.9. The minimum atomic E-state index is -0.0839. The van der Waals surface area contributed by atoms with Crippen LogP contribution in [0.1, 0.15) is 108 Å². The van der Waals surface area contributed by atoms with Crippen molar-refractivity contribution < 1.29 is 9.53 Å². The summed E-state index contributed by atoms with van der Waals surface area (Å²) in [6.45, 7) is 0.974. The van der Waals surface area contributed by atoms with Crippen LogP contribution in [0.25, 0.3) is 0 Å². The Balaban J connectivity index is 1.31. The number of anilines is 1. The number of fused-ring (bicyclic) bond motifs is 3. The zero-order valence-corrected chi connectivity index (χ0v) is 20.7. The number of methoxy groups -OCH3 is 1. The molecule has 2 saturated heterocycles. The highest BCUT2D eigenvalue weighted by atomic mass is 16.5. The van der Waals surface area contributed by atoms with Crippen LogP contribution in [0.4, 0.5) is 5.69 Å². The summed E-state index contributed by atoms with van der Waals surface area (Å²) < 4.78 is 5.02. The van der Waals surface area contributed by atoms with Crippen molar-refractivity contribution in [3.05, 3.63) is 29.8 Å². The van der Waals surface area contributed by atoms with Gasteiger partial charge in [0.2, 0.25) is 0 Å². The Hall–Kier alpha value is -1.55. The Morgan fingerprint density at radius 1 is 0.818 bits per heavy atom. The Morgan fingerprint density at radius 3 is 2.09 bits per heavy atom. The number of para-hydroxylation sites is 1. The third-order valence-corrected chi connectivity index (χ3v) is 9.19. The molecule has 0 N–H and O–H groups in total. The monoisotopic (exact) mass is 452 g/mol. The average molecular weight is 453 g/mol. The maximum absolute atomic E-state index is 12.1. The van der Waals surface area contributed by atoms with Gasteiger partial charge >= 0.3 is 5.97 Å². The highest BCUT2D eigenvalue weighted by molar-refractivity contribution is 5.73. The summed E-state index contributed by atoms with van der Waals surface area (Å²) in [5, 5.41) is 0. The van der Waals surface area contributed by atoms with Crippen LogP contribution in [0.3, 0.4) is 0 Å². The lowest BCUT2D eigenvalue weighted by Gasteiger charge is -2.54. The summed E-state index contributed by atoms with van der Waals surface area (Å²) in [7, 11) is 1.51. The molecule has 0 amide bonds. The molecule has 0 aromatic heterocycles. The number of piperidine rings is 2. The van der Waals surface area contributed by atoms with E-state index >= 15 is 0 Å². The Morgan fingerprint density at radius 2 is 1.42 bits per heavy atom. The molecule has 0 radical (unpaired) electrons. The predicted molar refractivity (Wildman–Crippen MR) is 135 cm³/mol. The molecular weight excluding hydrogens is 408 g/mol. The summed E-state index contributed by atoms with van der Waals surface area (Å²) in [6, 6.07) is 11.8. The van der Waals surface area contributed by atoms with E-state index in [0.717, 1.165) is 24.7 Å². The van der Waals surface area contributed by atoms with Gasteiger partial charge in [0, 0.05) is 42.3 Å². The smallest absolute Gasteiger partial charge is 0.306 e. The molecule has 3 aliphatic heterocycles. The fraction of sp³-hybridized carbons (Fsp3) is 0.759. The molecule has 182 valence electrons. The molecule has 33 heavy (non-hydrogen) atoms. The molecule has 3 heterocycles. The number of esters is 1. The Labute approximate surface area is 201 Å². The van der Waals surface area contributed by atoms with Crippen LogP contribution < -0.4 is 4.90 Å². The molecule has 4 nitrogen and oxygen atoms in total. The second kappa shape index (κ2) is 10.8. The lowest BCUT2D eigenvalue weighted by atomic mass is 9.78. The molecule has 0 spiro atoms. The third kappa shape index (κ3) is 5.11. The summed E-state index contributed by atoms with van der Waals surface area (Å²) in [4.78, 5) is 17.8. The summed E-state index contributed by atoms with van der Waals surface area (Å²) >= 11 is 0. The predicted octanol–water partition coefficient (Wildman–Crippen LogP) is 6.43. The van der Waals surface area contributed by atoms with E-state index in [1.807, 2.05) is 0 Å². The number of hydrogen-bond donors (Lipinski definition) is 0. The van der Waals surface area contributed by atoms with Crippen molar-refractivity contribution in [3.8, 4) is 0 Å². The SMILES string of the molecule is COC(=O)CC1CN([C@H]2C[C@H]3CCC[C@@H](C2)N3C2CCCCCCCCC2)c2ccccc21. The number of ether oxygens (including phenoxy) is 1. The average Bonchev–Trinajstić information content (AvgIpc) is 3.20. The first kappa shape index (κ1) is 23.2. The van der Waals surface area contributed by atoms with Gasteiger partial charge < -0.3 is 9.64 Å². The van der Waals surface area contributed by atoms with Crippen molar-refractivity contribution in [2.45, 2.75) is 126 Å². The van der Waals surface area contributed by atoms with E-state index in [2.05, 4.69) is 34.1 Å². The molecular formula is C29H44N2O2. The van der Waals surface area contributed by atoms with Crippen molar-refractivity contribution in [1.29, 1.82) is 0 Å². The van der Waals surface area contributed by atoms with Gasteiger partial charge in [0.05, 0.1) is 13.5 Å². The standard InChI is InChI=1S/C29H44N2O2/c1-33-29(32)18-22-21-30(28-17-10-9-16-27(22)28)26-19-24-14-11-15-25(20-26)31(24)23-12-7-5-3-2-4-6-8-13-23/h9-10,16-17,22-26H,2-8,11-15,18-21H2,1H3/t22?,24-,25+,26+. The maximum Gasteiger partial charge on any atom is 0.306 e. The molecule has 4 aliphatic rings. The second-order valence-corrected chi connectivity index (χ2v) is 11.2. The van der Waals surface area contributed by atoms with E-state index in [1.165, 1.54) is 108 Å². The van der Waals surface area contributed by atoms with Gasteiger partial charge in [-0.2, -0.15) is 0 Å². The zero-order valence-electron chi connectivity index (χ0n) is 20.7. The van der Waals surface area contributed by atoms with E-state index in [9.17, 15) is 4.79 Å². The normalized spacial score (nSPS) is 31.7. The molecule has 1 aromatic carbocycles.